The summed E-state index contributed by atoms with van der Waals surface area (Å²) in [5, 5.41) is 4.93. The van der Waals surface area contributed by atoms with E-state index in [4.69, 9.17) is 4.52 Å². The molecule has 0 bridgehead atoms. The lowest BCUT2D eigenvalue weighted by Crippen LogP contribution is -2.16. The molecule has 0 atom stereocenters. The molecule has 0 saturated heterocycles. The van der Waals surface area contributed by atoms with E-state index in [0.717, 1.165) is 23.2 Å². The lowest BCUT2D eigenvalue weighted by atomic mass is 9.90. The summed E-state index contributed by atoms with van der Waals surface area (Å²) < 4.78 is 4.99. The van der Waals surface area contributed by atoms with Gasteiger partial charge in [0.25, 0.3) is 0 Å². The highest BCUT2D eigenvalue weighted by atomic mass is 79.9. The molecule has 68 valence electrons. The van der Waals surface area contributed by atoms with E-state index in [2.05, 4.69) is 34.9 Å². The normalized spacial score (nSPS) is 12.0. The minimum Gasteiger partial charge on any atom is -0.361 e. The zero-order valence-electron chi connectivity index (χ0n) is 7.72. The summed E-state index contributed by atoms with van der Waals surface area (Å²) in [7, 11) is 0. The van der Waals surface area contributed by atoms with Gasteiger partial charge in [-0.2, -0.15) is 0 Å². The van der Waals surface area contributed by atoms with Gasteiger partial charge in [-0.1, -0.05) is 34.9 Å². The number of hydrogen-bond donors (Lipinski definition) is 0. The van der Waals surface area contributed by atoms with Crippen molar-refractivity contribution in [3.05, 3.63) is 17.5 Å². The van der Waals surface area contributed by atoms with Crippen LogP contribution in [-0.4, -0.2) is 10.5 Å². The van der Waals surface area contributed by atoms with Gasteiger partial charge < -0.3 is 4.52 Å². The van der Waals surface area contributed by atoms with Gasteiger partial charge in [0.15, 0.2) is 0 Å². The van der Waals surface area contributed by atoms with Gasteiger partial charge in [0.2, 0.25) is 0 Å². The highest BCUT2D eigenvalue weighted by molar-refractivity contribution is 9.09. The third-order valence-corrected chi connectivity index (χ3v) is 3.22. The molecule has 0 unspecified atom stereocenters. The minimum absolute atomic E-state index is 0.253. The van der Waals surface area contributed by atoms with Crippen LogP contribution >= 0.6 is 15.9 Å². The number of rotatable bonds is 3. The molecule has 0 saturated carbocycles. The molecule has 0 aliphatic rings. The van der Waals surface area contributed by atoms with Gasteiger partial charge in [0, 0.05) is 11.4 Å². The van der Waals surface area contributed by atoms with Crippen molar-refractivity contribution in [1.82, 2.24) is 5.16 Å². The van der Waals surface area contributed by atoms with E-state index < -0.39 is 0 Å². The van der Waals surface area contributed by atoms with Gasteiger partial charge in [-0.15, -0.1) is 0 Å². The summed E-state index contributed by atoms with van der Waals surface area (Å²) in [6.45, 7) is 6.31. The van der Waals surface area contributed by atoms with Gasteiger partial charge in [-0.05, 0) is 18.8 Å². The van der Waals surface area contributed by atoms with Crippen molar-refractivity contribution in [3.8, 4) is 0 Å². The van der Waals surface area contributed by atoms with E-state index in [1.165, 1.54) is 0 Å². The van der Waals surface area contributed by atoms with Crippen molar-refractivity contribution >= 4 is 15.9 Å². The van der Waals surface area contributed by atoms with Crippen molar-refractivity contribution in [2.24, 2.45) is 5.41 Å². The van der Waals surface area contributed by atoms with Crippen molar-refractivity contribution in [3.63, 3.8) is 0 Å². The van der Waals surface area contributed by atoms with Crippen LogP contribution < -0.4 is 0 Å². The maximum atomic E-state index is 4.99. The first-order valence-corrected chi connectivity index (χ1v) is 5.14. The molecule has 0 aliphatic heterocycles. The van der Waals surface area contributed by atoms with Gasteiger partial charge >= 0.3 is 0 Å². The Balaban J connectivity index is 2.63. The van der Waals surface area contributed by atoms with Crippen LogP contribution in [0.15, 0.2) is 10.6 Å². The Morgan fingerprint density at radius 2 is 2.25 bits per heavy atom. The molecule has 0 amide bonds. The summed E-state index contributed by atoms with van der Waals surface area (Å²) in [6, 6.07) is 1.99. The van der Waals surface area contributed by atoms with Crippen molar-refractivity contribution in [2.45, 2.75) is 27.2 Å². The average molecular weight is 232 g/mol. The van der Waals surface area contributed by atoms with Crippen LogP contribution in [0.3, 0.4) is 0 Å². The molecule has 0 N–H and O–H groups in total. The van der Waals surface area contributed by atoms with E-state index in [1.54, 1.807) is 0 Å². The summed E-state index contributed by atoms with van der Waals surface area (Å²) in [5.41, 5.74) is 1.29. The number of halogens is 1. The maximum absolute atomic E-state index is 4.99. The number of nitrogens with zero attached hydrogens (tertiary/aromatic N) is 1. The number of aromatic nitrogens is 1. The second-order valence-electron chi connectivity index (χ2n) is 3.90. The molecule has 0 aromatic carbocycles. The second kappa shape index (κ2) is 3.60. The Bertz CT molecular complexity index is 255. The zero-order valence-corrected chi connectivity index (χ0v) is 9.31. The van der Waals surface area contributed by atoms with Crippen LogP contribution in [0.1, 0.15) is 25.3 Å². The van der Waals surface area contributed by atoms with E-state index in [1.807, 2.05) is 13.0 Å². The van der Waals surface area contributed by atoms with Crippen LogP contribution in [0.4, 0.5) is 0 Å². The molecule has 12 heavy (non-hydrogen) atoms. The summed E-state index contributed by atoms with van der Waals surface area (Å²) in [4.78, 5) is 0. The first kappa shape index (κ1) is 9.78. The van der Waals surface area contributed by atoms with E-state index in [9.17, 15) is 0 Å². The molecule has 1 aromatic rings. The Kier molecular flexibility index (Phi) is 2.94. The Morgan fingerprint density at radius 3 is 2.67 bits per heavy atom. The topological polar surface area (TPSA) is 26.0 Å². The second-order valence-corrected chi connectivity index (χ2v) is 4.46. The first-order chi connectivity index (χ1) is 5.53. The average Bonchev–Trinajstić information content (AvgIpc) is 2.35. The zero-order chi connectivity index (χ0) is 9.19. The third-order valence-electron chi connectivity index (χ3n) is 1.70. The summed E-state index contributed by atoms with van der Waals surface area (Å²) in [6.07, 6.45) is 0.954. The lowest BCUT2D eigenvalue weighted by molar-refractivity contribution is 0.366. The molecule has 0 radical (unpaired) electrons. The van der Waals surface area contributed by atoms with Crippen LogP contribution in [0.25, 0.3) is 0 Å². The van der Waals surface area contributed by atoms with Gasteiger partial charge in [-0.25, -0.2) is 0 Å². The molecule has 0 aliphatic carbocycles. The molecule has 2 nitrogen and oxygen atoms in total. The predicted molar refractivity (Wildman–Crippen MR) is 52.5 cm³/mol. The lowest BCUT2D eigenvalue weighted by Gasteiger charge is -2.19. The molecule has 1 rings (SSSR count). The van der Waals surface area contributed by atoms with Crippen molar-refractivity contribution in [2.75, 3.05) is 5.33 Å². The number of hydrogen-bond acceptors (Lipinski definition) is 2. The monoisotopic (exact) mass is 231 g/mol. The fourth-order valence-electron chi connectivity index (χ4n) is 1.04. The highest BCUT2D eigenvalue weighted by Crippen LogP contribution is 2.23. The minimum atomic E-state index is 0.253. The predicted octanol–water partition coefficient (Wildman–Crippen LogP) is 2.95. The van der Waals surface area contributed by atoms with Crippen LogP contribution in [0.5, 0.6) is 0 Å². The van der Waals surface area contributed by atoms with Gasteiger partial charge in [0.05, 0.1) is 5.69 Å². The van der Waals surface area contributed by atoms with Crippen molar-refractivity contribution in [1.29, 1.82) is 0 Å². The van der Waals surface area contributed by atoms with Crippen LogP contribution in [0.2, 0.25) is 0 Å². The molecular formula is C9H14BrNO. The molecule has 1 heterocycles. The highest BCUT2D eigenvalue weighted by Gasteiger charge is 2.18. The summed E-state index contributed by atoms with van der Waals surface area (Å²) in [5.74, 6) is 0.885. The Morgan fingerprint density at radius 1 is 1.58 bits per heavy atom. The quantitative estimate of drug-likeness (QED) is 0.749. The maximum Gasteiger partial charge on any atom is 0.133 e. The van der Waals surface area contributed by atoms with E-state index >= 15 is 0 Å². The molecule has 3 heteroatoms. The largest absolute Gasteiger partial charge is 0.361 e. The summed E-state index contributed by atoms with van der Waals surface area (Å²) >= 11 is 3.48. The van der Waals surface area contributed by atoms with Crippen LogP contribution in [0, 0.1) is 12.3 Å². The smallest absolute Gasteiger partial charge is 0.133 e. The SMILES string of the molecule is Cc1cc(CC(C)(C)CBr)no1. The first-order valence-electron chi connectivity index (χ1n) is 4.02. The Labute approximate surface area is 81.5 Å². The molecule has 0 fully saturated rings. The Hall–Kier alpha value is -0.310. The molecular weight excluding hydrogens is 218 g/mol. The van der Waals surface area contributed by atoms with Gasteiger partial charge in [0.1, 0.15) is 5.76 Å². The number of aryl methyl sites for hydroxylation is 1. The van der Waals surface area contributed by atoms with E-state index in [0.29, 0.717) is 0 Å². The standard InChI is InChI=1S/C9H14BrNO/c1-7-4-8(11-12-7)5-9(2,3)6-10/h4H,5-6H2,1-3H3. The van der Waals surface area contributed by atoms with Gasteiger partial charge in [-0.3, -0.25) is 0 Å². The van der Waals surface area contributed by atoms with E-state index in [-0.39, 0.29) is 5.41 Å². The third kappa shape index (κ3) is 2.63. The fourth-order valence-corrected chi connectivity index (χ4v) is 1.24. The van der Waals surface area contributed by atoms with Crippen molar-refractivity contribution < 1.29 is 4.52 Å². The molecule has 1 aromatic heterocycles. The fraction of sp³-hybridized carbons (Fsp3) is 0.667. The molecule has 0 spiro atoms. The van der Waals surface area contributed by atoms with Crippen LogP contribution in [-0.2, 0) is 6.42 Å². The number of alkyl halides is 1.